The molecular weight excluding hydrogens is 448 g/mol. The normalized spacial score (nSPS) is 14.3. The Hall–Kier alpha value is -2.38. The van der Waals surface area contributed by atoms with Gasteiger partial charge in [-0.15, -0.1) is 0 Å². The molecule has 0 atom stereocenters. The molecule has 0 radical (unpaired) electrons. The van der Waals surface area contributed by atoms with Gasteiger partial charge in [0.15, 0.2) is 6.61 Å². The van der Waals surface area contributed by atoms with Crippen LogP contribution in [0, 0.1) is 0 Å². The average molecular weight is 475 g/mol. The zero-order valence-corrected chi connectivity index (χ0v) is 19.1. The van der Waals surface area contributed by atoms with Crippen LogP contribution in [0.25, 0.3) is 0 Å². The van der Waals surface area contributed by atoms with Crippen LogP contribution in [0.2, 0.25) is 0 Å². The summed E-state index contributed by atoms with van der Waals surface area (Å²) in [5.74, 6) is 0.404. The number of amides is 2. The second-order valence-corrected chi connectivity index (χ2v) is 9.12. The van der Waals surface area contributed by atoms with E-state index in [-0.39, 0.29) is 23.8 Å². The highest BCUT2D eigenvalue weighted by Crippen LogP contribution is 2.33. The van der Waals surface area contributed by atoms with Crippen molar-refractivity contribution in [3.8, 4) is 5.75 Å². The Morgan fingerprint density at radius 1 is 1.10 bits per heavy atom. The van der Waals surface area contributed by atoms with Crippen molar-refractivity contribution < 1.29 is 19.1 Å². The minimum atomic E-state index is -0.259. The van der Waals surface area contributed by atoms with Crippen LogP contribution in [0.15, 0.2) is 46.9 Å². The molecule has 0 unspecified atom stereocenters. The number of nitrogens with zero attached hydrogens (tertiary/aromatic N) is 1. The molecule has 7 heteroatoms. The second-order valence-electron chi connectivity index (χ2n) is 8.21. The number of morpholine rings is 1. The number of anilines is 1. The van der Waals surface area contributed by atoms with Crippen LogP contribution in [0.4, 0.5) is 5.69 Å². The molecule has 0 bridgehead atoms. The van der Waals surface area contributed by atoms with E-state index in [1.807, 2.05) is 18.2 Å². The number of ether oxygens (including phenoxy) is 2. The minimum Gasteiger partial charge on any atom is -0.483 e. The summed E-state index contributed by atoms with van der Waals surface area (Å²) < 4.78 is 12.0. The van der Waals surface area contributed by atoms with Crippen LogP contribution in [0.3, 0.4) is 0 Å². The summed E-state index contributed by atoms with van der Waals surface area (Å²) in [5.41, 5.74) is 2.12. The quantitative estimate of drug-likeness (QED) is 0.703. The van der Waals surface area contributed by atoms with E-state index in [0.29, 0.717) is 43.3 Å². The van der Waals surface area contributed by atoms with Crippen molar-refractivity contribution in [1.82, 2.24) is 4.90 Å². The highest BCUT2D eigenvalue weighted by atomic mass is 79.9. The Morgan fingerprint density at radius 3 is 2.40 bits per heavy atom. The number of hydrogen-bond acceptors (Lipinski definition) is 4. The lowest BCUT2D eigenvalue weighted by Gasteiger charge is -2.26. The van der Waals surface area contributed by atoms with Gasteiger partial charge in [0.1, 0.15) is 5.75 Å². The molecular formula is C23H27BrN2O4. The maximum absolute atomic E-state index is 12.5. The molecule has 3 rings (SSSR count). The molecule has 0 aromatic heterocycles. The lowest BCUT2D eigenvalue weighted by Crippen LogP contribution is -2.40. The number of halogens is 1. The zero-order valence-electron chi connectivity index (χ0n) is 17.5. The van der Waals surface area contributed by atoms with Crippen LogP contribution in [0.5, 0.6) is 5.75 Å². The van der Waals surface area contributed by atoms with Crippen molar-refractivity contribution in [2.45, 2.75) is 26.2 Å². The first kappa shape index (κ1) is 22.3. The Balaban J connectivity index is 1.57. The van der Waals surface area contributed by atoms with Crippen molar-refractivity contribution in [3.63, 3.8) is 0 Å². The lowest BCUT2D eigenvalue weighted by atomic mass is 9.86. The van der Waals surface area contributed by atoms with Crippen LogP contribution in [-0.4, -0.2) is 49.6 Å². The topological polar surface area (TPSA) is 67.9 Å². The predicted octanol–water partition coefficient (Wildman–Crippen LogP) is 4.24. The maximum Gasteiger partial charge on any atom is 0.262 e. The van der Waals surface area contributed by atoms with Gasteiger partial charge in [0.05, 0.1) is 13.2 Å². The van der Waals surface area contributed by atoms with E-state index in [1.54, 1.807) is 29.2 Å². The van der Waals surface area contributed by atoms with Gasteiger partial charge >= 0.3 is 0 Å². The molecule has 0 aliphatic carbocycles. The molecule has 1 fully saturated rings. The zero-order chi connectivity index (χ0) is 21.7. The van der Waals surface area contributed by atoms with E-state index in [2.05, 4.69) is 42.0 Å². The number of hydrogen-bond donors (Lipinski definition) is 1. The van der Waals surface area contributed by atoms with Gasteiger partial charge in [-0.2, -0.15) is 0 Å². The number of carbonyl (C=O) groups is 2. The molecule has 1 aliphatic heterocycles. The van der Waals surface area contributed by atoms with E-state index in [1.165, 1.54) is 0 Å². The summed E-state index contributed by atoms with van der Waals surface area (Å²) in [6.07, 6.45) is 0. The Bertz CT molecular complexity index is 900. The summed E-state index contributed by atoms with van der Waals surface area (Å²) in [7, 11) is 0. The molecule has 30 heavy (non-hydrogen) atoms. The third kappa shape index (κ3) is 5.83. The molecule has 6 nitrogen and oxygen atoms in total. The lowest BCUT2D eigenvalue weighted by molar-refractivity contribution is -0.118. The fourth-order valence-electron chi connectivity index (χ4n) is 3.20. The molecule has 2 aromatic carbocycles. The SMILES string of the molecule is CC(C)(C)c1cc(Br)ccc1OCC(=O)Nc1ccc(C(=O)N2CCOCC2)cc1. The molecule has 1 saturated heterocycles. The van der Waals surface area contributed by atoms with Gasteiger partial charge in [0.2, 0.25) is 0 Å². The third-order valence-electron chi connectivity index (χ3n) is 4.82. The highest BCUT2D eigenvalue weighted by molar-refractivity contribution is 9.10. The van der Waals surface area contributed by atoms with Crippen molar-refractivity contribution in [3.05, 3.63) is 58.1 Å². The fraction of sp³-hybridized carbons (Fsp3) is 0.391. The first-order valence-electron chi connectivity index (χ1n) is 9.94. The minimum absolute atomic E-state index is 0.0237. The van der Waals surface area contributed by atoms with Gasteiger partial charge in [-0.3, -0.25) is 9.59 Å². The summed E-state index contributed by atoms with van der Waals surface area (Å²) in [5, 5.41) is 2.81. The van der Waals surface area contributed by atoms with E-state index in [4.69, 9.17) is 9.47 Å². The molecule has 160 valence electrons. The van der Waals surface area contributed by atoms with E-state index < -0.39 is 0 Å². The van der Waals surface area contributed by atoms with Gasteiger partial charge in [0.25, 0.3) is 11.8 Å². The average Bonchev–Trinajstić information content (AvgIpc) is 2.73. The van der Waals surface area contributed by atoms with Gasteiger partial charge in [-0.1, -0.05) is 36.7 Å². The Kier molecular flexibility index (Phi) is 7.15. The van der Waals surface area contributed by atoms with Gasteiger partial charge in [-0.05, 0) is 47.9 Å². The number of benzene rings is 2. The monoisotopic (exact) mass is 474 g/mol. The Morgan fingerprint density at radius 2 is 1.77 bits per heavy atom. The highest BCUT2D eigenvalue weighted by Gasteiger charge is 2.20. The van der Waals surface area contributed by atoms with Crippen molar-refractivity contribution in [2.75, 3.05) is 38.2 Å². The van der Waals surface area contributed by atoms with Crippen LogP contribution < -0.4 is 10.1 Å². The van der Waals surface area contributed by atoms with E-state index in [0.717, 1.165) is 10.0 Å². The molecule has 2 aromatic rings. The molecule has 1 N–H and O–H groups in total. The first-order valence-corrected chi connectivity index (χ1v) is 10.7. The number of nitrogens with one attached hydrogen (secondary N) is 1. The van der Waals surface area contributed by atoms with E-state index in [9.17, 15) is 9.59 Å². The predicted molar refractivity (Wildman–Crippen MR) is 120 cm³/mol. The van der Waals surface area contributed by atoms with Gasteiger partial charge in [0, 0.05) is 34.4 Å². The van der Waals surface area contributed by atoms with Crippen molar-refractivity contribution in [2.24, 2.45) is 0 Å². The van der Waals surface area contributed by atoms with Gasteiger partial charge in [-0.25, -0.2) is 0 Å². The number of carbonyl (C=O) groups excluding carboxylic acids is 2. The number of rotatable bonds is 5. The van der Waals surface area contributed by atoms with Crippen molar-refractivity contribution in [1.29, 1.82) is 0 Å². The fourth-order valence-corrected chi connectivity index (χ4v) is 3.56. The molecule has 0 spiro atoms. The molecule has 1 heterocycles. The standard InChI is InChI=1S/C23H27BrN2O4/c1-23(2,3)19-14-17(24)6-9-20(19)30-15-21(27)25-18-7-4-16(5-8-18)22(28)26-10-12-29-13-11-26/h4-9,14H,10-13,15H2,1-3H3,(H,25,27). The molecule has 1 aliphatic rings. The summed E-state index contributed by atoms with van der Waals surface area (Å²) >= 11 is 3.49. The maximum atomic E-state index is 12.5. The van der Waals surface area contributed by atoms with Crippen LogP contribution >= 0.6 is 15.9 Å². The summed E-state index contributed by atoms with van der Waals surface area (Å²) in [6.45, 7) is 8.52. The van der Waals surface area contributed by atoms with Gasteiger partial charge < -0.3 is 19.7 Å². The molecule has 0 saturated carbocycles. The Labute approximate surface area is 185 Å². The van der Waals surface area contributed by atoms with Crippen LogP contribution in [0.1, 0.15) is 36.7 Å². The smallest absolute Gasteiger partial charge is 0.262 e. The largest absolute Gasteiger partial charge is 0.483 e. The van der Waals surface area contributed by atoms with Crippen molar-refractivity contribution >= 4 is 33.4 Å². The third-order valence-corrected chi connectivity index (χ3v) is 5.32. The first-order chi connectivity index (χ1) is 14.2. The van der Waals surface area contributed by atoms with Crippen LogP contribution in [-0.2, 0) is 14.9 Å². The molecule has 2 amide bonds. The summed E-state index contributed by atoms with van der Waals surface area (Å²) in [4.78, 5) is 26.6. The second kappa shape index (κ2) is 9.62. The van der Waals surface area contributed by atoms with E-state index >= 15 is 0 Å². The summed E-state index contributed by atoms with van der Waals surface area (Å²) in [6, 6.07) is 12.7.